The molecule has 1 N–H and O–H groups in total. The van der Waals surface area contributed by atoms with Gasteiger partial charge in [-0.05, 0) is 43.9 Å². The van der Waals surface area contributed by atoms with Crippen molar-refractivity contribution < 1.29 is 9.53 Å². The average Bonchev–Trinajstić information content (AvgIpc) is 3.04. The minimum absolute atomic E-state index is 0.200. The molecule has 3 nitrogen and oxygen atoms in total. The highest BCUT2D eigenvalue weighted by Gasteiger charge is 2.26. The Kier molecular flexibility index (Phi) is 5.96. The van der Waals surface area contributed by atoms with Crippen molar-refractivity contribution >= 4 is 21.8 Å². The summed E-state index contributed by atoms with van der Waals surface area (Å²) in [4.78, 5) is 11.8. The lowest BCUT2D eigenvalue weighted by Crippen LogP contribution is -2.31. The van der Waals surface area contributed by atoms with Crippen molar-refractivity contribution in [2.45, 2.75) is 51.0 Å². The molecule has 2 rings (SSSR count). The summed E-state index contributed by atoms with van der Waals surface area (Å²) in [5.74, 6) is 1.63. The van der Waals surface area contributed by atoms with E-state index in [1.54, 1.807) is 0 Å². The van der Waals surface area contributed by atoms with E-state index in [1.807, 2.05) is 0 Å². The standard InChI is InChI=1S/C14H24BrNO2/c15-9-11-3-1-4-12(11)10-16-14(17)7-6-13-5-2-8-18-13/h11-13H,1-10H2,(H,16,17). The maximum atomic E-state index is 11.8. The van der Waals surface area contributed by atoms with Crippen LogP contribution in [0.4, 0.5) is 0 Å². The van der Waals surface area contributed by atoms with Crippen molar-refractivity contribution in [2.24, 2.45) is 11.8 Å². The molecular weight excluding hydrogens is 294 g/mol. The quantitative estimate of drug-likeness (QED) is 0.765. The van der Waals surface area contributed by atoms with E-state index in [4.69, 9.17) is 4.74 Å². The number of hydrogen-bond donors (Lipinski definition) is 1. The van der Waals surface area contributed by atoms with Gasteiger partial charge in [0.05, 0.1) is 6.10 Å². The summed E-state index contributed by atoms with van der Waals surface area (Å²) in [6, 6.07) is 0. The van der Waals surface area contributed by atoms with Gasteiger partial charge in [0, 0.05) is 24.9 Å². The van der Waals surface area contributed by atoms with Crippen LogP contribution in [0.3, 0.4) is 0 Å². The van der Waals surface area contributed by atoms with E-state index >= 15 is 0 Å². The minimum atomic E-state index is 0.200. The maximum absolute atomic E-state index is 11.8. The van der Waals surface area contributed by atoms with E-state index < -0.39 is 0 Å². The van der Waals surface area contributed by atoms with Gasteiger partial charge in [0.15, 0.2) is 0 Å². The van der Waals surface area contributed by atoms with Crippen LogP contribution in [0.15, 0.2) is 0 Å². The highest BCUT2D eigenvalue weighted by molar-refractivity contribution is 9.09. The van der Waals surface area contributed by atoms with E-state index in [0.29, 0.717) is 18.4 Å². The molecule has 18 heavy (non-hydrogen) atoms. The third-order valence-corrected chi connectivity index (χ3v) is 5.13. The van der Waals surface area contributed by atoms with Crippen molar-refractivity contribution in [3.8, 4) is 0 Å². The molecule has 0 aromatic heterocycles. The van der Waals surface area contributed by atoms with Crippen LogP contribution in [-0.4, -0.2) is 30.5 Å². The molecule has 1 aliphatic carbocycles. The SMILES string of the molecule is O=C(CCC1CCCO1)NCC1CCCC1CBr. The summed E-state index contributed by atoms with van der Waals surface area (Å²) in [7, 11) is 0. The second kappa shape index (κ2) is 7.49. The van der Waals surface area contributed by atoms with Gasteiger partial charge in [-0.2, -0.15) is 0 Å². The number of rotatable bonds is 6. The number of amides is 1. The summed E-state index contributed by atoms with van der Waals surface area (Å²) < 4.78 is 5.53. The van der Waals surface area contributed by atoms with Crippen LogP contribution in [-0.2, 0) is 9.53 Å². The molecule has 3 atom stereocenters. The smallest absolute Gasteiger partial charge is 0.220 e. The molecule has 4 heteroatoms. The lowest BCUT2D eigenvalue weighted by atomic mass is 9.98. The number of alkyl halides is 1. The summed E-state index contributed by atoms with van der Waals surface area (Å²) in [5.41, 5.74) is 0. The summed E-state index contributed by atoms with van der Waals surface area (Å²) in [5, 5.41) is 4.17. The first-order valence-electron chi connectivity index (χ1n) is 7.24. The highest BCUT2D eigenvalue weighted by atomic mass is 79.9. The van der Waals surface area contributed by atoms with Gasteiger partial charge in [0.1, 0.15) is 0 Å². The van der Waals surface area contributed by atoms with Crippen molar-refractivity contribution in [2.75, 3.05) is 18.5 Å². The number of hydrogen-bond acceptors (Lipinski definition) is 2. The Balaban J connectivity index is 1.59. The first kappa shape index (κ1) is 14.3. The molecule has 0 aromatic rings. The molecule has 2 fully saturated rings. The van der Waals surface area contributed by atoms with Gasteiger partial charge in [-0.15, -0.1) is 0 Å². The second-order valence-corrected chi connectivity index (χ2v) is 6.23. The fourth-order valence-corrected chi connectivity index (χ4v) is 3.94. The zero-order valence-electron chi connectivity index (χ0n) is 11.0. The Morgan fingerprint density at radius 2 is 2.06 bits per heavy atom. The number of halogens is 1. The maximum Gasteiger partial charge on any atom is 0.220 e. The fraction of sp³-hybridized carbons (Fsp3) is 0.929. The van der Waals surface area contributed by atoms with E-state index in [0.717, 1.165) is 43.7 Å². The van der Waals surface area contributed by atoms with E-state index in [1.165, 1.54) is 19.3 Å². The molecule has 0 aromatic carbocycles. The minimum Gasteiger partial charge on any atom is -0.378 e. The Bertz CT molecular complexity index is 267. The van der Waals surface area contributed by atoms with E-state index in [-0.39, 0.29) is 5.91 Å². The van der Waals surface area contributed by atoms with Crippen molar-refractivity contribution in [1.82, 2.24) is 5.32 Å². The van der Waals surface area contributed by atoms with Crippen LogP contribution >= 0.6 is 15.9 Å². The Hall–Kier alpha value is -0.0900. The summed E-state index contributed by atoms with van der Waals surface area (Å²) in [6.45, 7) is 1.74. The molecule has 3 unspecified atom stereocenters. The molecular formula is C14H24BrNO2. The van der Waals surface area contributed by atoms with Crippen LogP contribution in [0.5, 0.6) is 0 Å². The molecule has 1 aliphatic heterocycles. The number of nitrogens with one attached hydrogen (secondary N) is 1. The van der Waals surface area contributed by atoms with Crippen LogP contribution in [0.1, 0.15) is 44.9 Å². The number of ether oxygens (including phenoxy) is 1. The number of carbonyl (C=O) groups excluding carboxylic acids is 1. The molecule has 104 valence electrons. The van der Waals surface area contributed by atoms with E-state index in [2.05, 4.69) is 21.2 Å². The van der Waals surface area contributed by atoms with Crippen molar-refractivity contribution in [3.63, 3.8) is 0 Å². The molecule has 0 spiro atoms. The lowest BCUT2D eigenvalue weighted by Gasteiger charge is -2.18. The largest absolute Gasteiger partial charge is 0.378 e. The van der Waals surface area contributed by atoms with Crippen LogP contribution in [0, 0.1) is 11.8 Å². The zero-order chi connectivity index (χ0) is 12.8. The molecule has 2 aliphatic rings. The molecule has 1 amide bonds. The summed E-state index contributed by atoms with van der Waals surface area (Å²) in [6.07, 6.45) is 8.01. The first-order valence-corrected chi connectivity index (χ1v) is 8.36. The van der Waals surface area contributed by atoms with Gasteiger partial charge >= 0.3 is 0 Å². The normalized spacial score (nSPS) is 31.7. The van der Waals surface area contributed by atoms with Gasteiger partial charge in [0.2, 0.25) is 5.91 Å². The third kappa shape index (κ3) is 4.23. The Morgan fingerprint density at radius 3 is 2.78 bits per heavy atom. The van der Waals surface area contributed by atoms with Gasteiger partial charge in [0.25, 0.3) is 0 Å². The monoisotopic (exact) mass is 317 g/mol. The summed E-state index contributed by atoms with van der Waals surface area (Å²) >= 11 is 3.57. The molecule has 0 radical (unpaired) electrons. The molecule has 1 heterocycles. The number of carbonyl (C=O) groups is 1. The predicted molar refractivity (Wildman–Crippen MR) is 75.8 cm³/mol. The van der Waals surface area contributed by atoms with Gasteiger partial charge in [-0.25, -0.2) is 0 Å². The lowest BCUT2D eigenvalue weighted by molar-refractivity contribution is -0.121. The van der Waals surface area contributed by atoms with Crippen molar-refractivity contribution in [3.05, 3.63) is 0 Å². The second-order valence-electron chi connectivity index (χ2n) is 5.58. The molecule has 0 bridgehead atoms. The topological polar surface area (TPSA) is 38.3 Å². The van der Waals surface area contributed by atoms with Gasteiger partial charge in [-0.3, -0.25) is 4.79 Å². The highest BCUT2D eigenvalue weighted by Crippen LogP contribution is 2.32. The van der Waals surface area contributed by atoms with Crippen LogP contribution in [0.25, 0.3) is 0 Å². The van der Waals surface area contributed by atoms with E-state index in [9.17, 15) is 4.79 Å². The van der Waals surface area contributed by atoms with Crippen LogP contribution in [0.2, 0.25) is 0 Å². The van der Waals surface area contributed by atoms with Gasteiger partial charge in [-0.1, -0.05) is 22.4 Å². The Labute approximate surface area is 118 Å². The van der Waals surface area contributed by atoms with Crippen molar-refractivity contribution in [1.29, 1.82) is 0 Å². The fourth-order valence-electron chi connectivity index (χ4n) is 3.08. The molecule has 1 saturated heterocycles. The average molecular weight is 318 g/mol. The first-order chi connectivity index (χ1) is 8.79. The van der Waals surface area contributed by atoms with Crippen LogP contribution < -0.4 is 5.32 Å². The van der Waals surface area contributed by atoms with Gasteiger partial charge < -0.3 is 10.1 Å². The third-order valence-electron chi connectivity index (χ3n) is 4.29. The Morgan fingerprint density at radius 1 is 1.22 bits per heavy atom. The zero-order valence-corrected chi connectivity index (χ0v) is 12.6. The molecule has 1 saturated carbocycles. The predicted octanol–water partition coefficient (Wildman–Crippen LogP) is 2.87.